The van der Waals surface area contributed by atoms with Gasteiger partial charge >= 0.3 is 0 Å². The lowest BCUT2D eigenvalue weighted by Gasteiger charge is -2.12. The molecule has 1 saturated carbocycles. The Bertz CT molecular complexity index is 350. The fourth-order valence-electron chi connectivity index (χ4n) is 2.21. The predicted molar refractivity (Wildman–Crippen MR) is 65.1 cm³/mol. The number of aryl methyl sites for hydroxylation is 2. The molecule has 1 aliphatic carbocycles. The van der Waals surface area contributed by atoms with E-state index in [1.54, 1.807) is 0 Å². The van der Waals surface area contributed by atoms with Crippen LogP contribution in [0.5, 0.6) is 0 Å². The Morgan fingerprint density at radius 1 is 1.13 bits per heavy atom. The van der Waals surface area contributed by atoms with Crippen LogP contribution in [0.4, 0.5) is 0 Å². The summed E-state index contributed by atoms with van der Waals surface area (Å²) >= 11 is 0. The maximum absolute atomic E-state index is 6.14. The van der Waals surface area contributed by atoms with Crippen molar-refractivity contribution in [1.82, 2.24) is 0 Å². The molecule has 2 rings (SSSR count). The third-order valence-corrected chi connectivity index (χ3v) is 3.48. The minimum Gasteiger partial charge on any atom is -0.325 e. The number of nitrogens with two attached hydrogens (primary N) is 1. The van der Waals surface area contributed by atoms with Gasteiger partial charge in [-0.2, -0.15) is 0 Å². The number of hydrogen-bond donors (Lipinski definition) is 1. The zero-order chi connectivity index (χ0) is 10.9. The van der Waals surface area contributed by atoms with Gasteiger partial charge in [-0.3, -0.25) is 0 Å². The maximum Gasteiger partial charge on any atom is 0.0196 e. The molecular weight excluding hydrogens is 182 g/mol. The van der Waals surface area contributed by atoms with Gasteiger partial charge in [0.05, 0.1) is 0 Å². The molecule has 0 spiro atoms. The first-order valence-corrected chi connectivity index (χ1v) is 6.06. The van der Waals surface area contributed by atoms with E-state index >= 15 is 0 Å². The normalized spacial score (nSPS) is 17.8. The Balaban J connectivity index is 2.18. The fraction of sp³-hybridized carbons (Fsp3) is 0.571. The lowest BCUT2D eigenvalue weighted by Crippen LogP contribution is -2.24. The summed E-state index contributed by atoms with van der Waals surface area (Å²) in [6, 6.07) is 6.89. The van der Waals surface area contributed by atoms with E-state index < -0.39 is 0 Å². The molecule has 1 heteroatoms. The summed E-state index contributed by atoms with van der Waals surface area (Å²) in [5.41, 5.74) is 10.7. The first-order valence-electron chi connectivity index (χ1n) is 6.06. The molecule has 82 valence electrons. The van der Waals surface area contributed by atoms with E-state index in [-0.39, 0.29) is 5.54 Å². The van der Waals surface area contributed by atoms with Gasteiger partial charge in [-0.1, -0.05) is 32.0 Å². The Hall–Kier alpha value is -0.820. The molecular formula is C14H21N. The Kier molecular flexibility index (Phi) is 2.83. The summed E-state index contributed by atoms with van der Waals surface area (Å²) in [5, 5.41) is 0. The lowest BCUT2D eigenvalue weighted by atomic mass is 9.96. The molecule has 0 saturated heterocycles. The van der Waals surface area contributed by atoms with Crippen LogP contribution in [0.3, 0.4) is 0 Å². The average molecular weight is 203 g/mol. The van der Waals surface area contributed by atoms with Crippen LogP contribution in [-0.4, -0.2) is 5.54 Å². The average Bonchev–Trinajstić information content (AvgIpc) is 2.96. The van der Waals surface area contributed by atoms with Crippen molar-refractivity contribution < 1.29 is 0 Å². The molecule has 1 fully saturated rings. The largest absolute Gasteiger partial charge is 0.325 e. The summed E-state index contributed by atoms with van der Waals surface area (Å²) in [6.07, 6.45) is 5.73. The second-order valence-electron chi connectivity index (χ2n) is 4.85. The molecule has 0 heterocycles. The van der Waals surface area contributed by atoms with Crippen molar-refractivity contribution in [2.45, 2.75) is 51.5 Å². The van der Waals surface area contributed by atoms with Gasteiger partial charge in [-0.05, 0) is 48.8 Å². The first kappa shape index (κ1) is 10.7. The summed E-state index contributed by atoms with van der Waals surface area (Å²) in [5.74, 6) is 0. The molecule has 0 amide bonds. The highest BCUT2D eigenvalue weighted by Crippen LogP contribution is 2.35. The second kappa shape index (κ2) is 3.97. The zero-order valence-corrected chi connectivity index (χ0v) is 9.84. The van der Waals surface area contributed by atoms with Crippen LogP contribution in [0.1, 0.15) is 43.4 Å². The summed E-state index contributed by atoms with van der Waals surface area (Å²) in [6.45, 7) is 4.45. The van der Waals surface area contributed by atoms with Crippen molar-refractivity contribution in [3.63, 3.8) is 0 Å². The standard InChI is InChI=1S/C14H21N/c1-3-12-6-5-11(9-13(12)4-2)10-14(15)7-8-14/h5-6,9H,3-4,7-8,10,15H2,1-2H3. The molecule has 0 atom stereocenters. The van der Waals surface area contributed by atoms with Crippen molar-refractivity contribution in [2.24, 2.45) is 5.73 Å². The van der Waals surface area contributed by atoms with Crippen LogP contribution in [0.2, 0.25) is 0 Å². The molecule has 1 aromatic carbocycles. The molecule has 0 radical (unpaired) electrons. The van der Waals surface area contributed by atoms with Crippen molar-refractivity contribution in [1.29, 1.82) is 0 Å². The van der Waals surface area contributed by atoms with Gasteiger partial charge in [0.25, 0.3) is 0 Å². The predicted octanol–water partition coefficient (Wildman–Crippen LogP) is 2.85. The van der Waals surface area contributed by atoms with Gasteiger partial charge in [0.2, 0.25) is 0 Å². The minimum atomic E-state index is 0.138. The fourth-order valence-corrected chi connectivity index (χ4v) is 2.21. The quantitative estimate of drug-likeness (QED) is 0.800. The molecule has 15 heavy (non-hydrogen) atoms. The highest BCUT2D eigenvalue weighted by atomic mass is 14.8. The van der Waals surface area contributed by atoms with E-state index in [9.17, 15) is 0 Å². The maximum atomic E-state index is 6.14. The third kappa shape index (κ3) is 2.40. The van der Waals surface area contributed by atoms with E-state index in [0.29, 0.717) is 0 Å². The highest BCUT2D eigenvalue weighted by Gasteiger charge is 2.37. The minimum absolute atomic E-state index is 0.138. The Labute approximate surface area is 92.7 Å². The van der Waals surface area contributed by atoms with Crippen LogP contribution in [0, 0.1) is 0 Å². The SMILES string of the molecule is CCc1ccc(CC2(N)CC2)cc1CC. The molecule has 1 nitrogen and oxygen atoms in total. The highest BCUT2D eigenvalue weighted by molar-refractivity contribution is 5.33. The van der Waals surface area contributed by atoms with E-state index in [4.69, 9.17) is 5.73 Å². The first-order chi connectivity index (χ1) is 7.17. The van der Waals surface area contributed by atoms with Gasteiger partial charge < -0.3 is 5.73 Å². The molecule has 0 aliphatic heterocycles. The number of benzene rings is 1. The topological polar surface area (TPSA) is 26.0 Å². The third-order valence-electron chi connectivity index (χ3n) is 3.48. The summed E-state index contributed by atoms with van der Waals surface area (Å²) in [4.78, 5) is 0. The van der Waals surface area contributed by atoms with E-state index in [1.807, 2.05) is 0 Å². The van der Waals surface area contributed by atoms with Gasteiger partial charge in [0.1, 0.15) is 0 Å². The van der Waals surface area contributed by atoms with Crippen molar-refractivity contribution in [3.05, 3.63) is 34.9 Å². The molecule has 1 aliphatic rings. The lowest BCUT2D eigenvalue weighted by molar-refractivity contribution is 0.671. The van der Waals surface area contributed by atoms with Gasteiger partial charge in [0, 0.05) is 5.54 Å². The van der Waals surface area contributed by atoms with Crippen molar-refractivity contribution in [3.8, 4) is 0 Å². The van der Waals surface area contributed by atoms with E-state index in [0.717, 1.165) is 19.3 Å². The Morgan fingerprint density at radius 2 is 1.80 bits per heavy atom. The van der Waals surface area contributed by atoms with Crippen LogP contribution in [0.25, 0.3) is 0 Å². The van der Waals surface area contributed by atoms with Gasteiger partial charge in [0.15, 0.2) is 0 Å². The Morgan fingerprint density at radius 3 is 2.33 bits per heavy atom. The molecule has 2 N–H and O–H groups in total. The van der Waals surface area contributed by atoms with E-state index in [1.165, 1.54) is 29.5 Å². The zero-order valence-electron chi connectivity index (χ0n) is 9.84. The molecule has 0 aromatic heterocycles. The van der Waals surface area contributed by atoms with E-state index in [2.05, 4.69) is 32.0 Å². The second-order valence-corrected chi connectivity index (χ2v) is 4.85. The molecule has 1 aromatic rings. The monoisotopic (exact) mass is 203 g/mol. The van der Waals surface area contributed by atoms with Gasteiger partial charge in [-0.15, -0.1) is 0 Å². The van der Waals surface area contributed by atoms with Crippen LogP contribution < -0.4 is 5.73 Å². The van der Waals surface area contributed by atoms with Crippen LogP contribution >= 0.6 is 0 Å². The van der Waals surface area contributed by atoms with Crippen LogP contribution in [-0.2, 0) is 19.3 Å². The van der Waals surface area contributed by atoms with Crippen molar-refractivity contribution >= 4 is 0 Å². The summed E-state index contributed by atoms with van der Waals surface area (Å²) < 4.78 is 0. The number of hydrogen-bond acceptors (Lipinski definition) is 1. The van der Waals surface area contributed by atoms with Gasteiger partial charge in [-0.25, -0.2) is 0 Å². The summed E-state index contributed by atoms with van der Waals surface area (Å²) in [7, 11) is 0. The molecule has 0 unspecified atom stereocenters. The van der Waals surface area contributed by atoms with Crippen molar-refractivity contribution in [2.75, 3.05) is 0 Å². The smallest absolute Gasteiger partial charge is 0.0196 e. The number of rotatable bonds is 4. The van der Waals surface area contributed by atoms with Crippen LogP contribution in [0.15, 0.2) is 18.2 Å². The molecule has 0 bridgehead atoms.